The molecule has 0 aliphatic heterocycles. The maximum atomic E-state index is 12.5. The number of rotatable bonds is 6. The van der Waals surface area contributed by atoms with Crippen molar-refractivity contribution in [2.45, 2.75) is 44.7 Å². The molecule has 3 rings (SSSR count). The standard InChI is InChI=1S/C18H24N4O3.ClH/c1-11(2)14(16-21-17(22-25-16)18(19)9-4-10-18)20-15(23)12-5-7-13(24-3)8-6-12;/h5-8,11,14H,4,9-10,19H2,1-3H3,(H,20,23);1H. The molecule has 1 atom stereocenters. The summed E-state index contributed by atoms with van der Waals surface area (Å²) in [4.78, 5) is 17.0. The molecule has 1 aliphatic rings. The van der Waals surface area contributed by atoms with E-state index in [1.54, 1.807) is 31.4 Å². The fourth-order valence-electron chi connectivity index (χ4n) is 2.83. The van der Waals surface area contributed by atoms with Crippen LogP contribution in [0.25, 0.3) is 0 Å². The molecule has 1 amide bonds. The lowest BCUT2D eigenvalue weighted by Gasteiger charge is -2.34. The Labute approximate surface area is 159 Å². The molecule has 2 aromatic rings. The first-order chi connectivity index (χ1) is 11.9. The fraction of sp³-hybridized carbons (Fsp3) is 0.500. The molecule has 1 saturated carbocycles. The van der Waals surface area contributed by atoms with E-state index in [4.69, 9.17) is 15.0 Å². The Hall–Kier alpha value is -2.12. The van der Waals surface area contributed by atoms with Crippen LogP contribution in [0.4, 0.5) is 0 Å². The molecular weight excluding hydrogens is 356 g/mol. The molecule has 0 radical (unpaired) electrons. The number of nitrogens with zero attached hydrogens (tertiary/aromatic N) is 2. The van der Waals surface area contributed by atoms with E-state index >= 15 is 0 Å². The van der Waals surface area contributed by atoms with Gasteiger partial charge in [-0.25, -0.2) is 0 Å². The number of carbonyl (C=O) groups excluding carboxylic acids is 1. The Morgan fingerprint density at radius 1 is 1.31 bits per heavy atom. The predicted molar refractivity (Wildman–Crippen MR) is 99.3 cm³/mol. The summed E-state index contributed by atoms with van der Waals surface area (Å²) in [5.74, 6) is 1.51. The lowest BCUT2D eigenvalue weighted by Crippen LogP contribution is -2.44. The number of hydrogen-bond acceptors (Lipinski definition) is 6. The second-order valence-corrected chi connectivity index (χ2v) is 6.89. The molecule has 1 aromatic carbocycles. The van der Waals surface area contributed by atoms with Gasteiger partial charge in [-0.05, 0) is 49.4 Å². The minimum atomic E-state index is -0.483. The van der Waals surface area contributed by atoms with Crippen molar-refractivity contribution in [2.24, 2.45) is 11.7 Å². The van der Waals surface area contributed by atoms with E-state index in [9.17, 15) is 4.79 Å². The number of methoxy groups -OCH3 is 1. The predicted octanol–water partition coefficient (Wildman–Crippen LogP) is 2.97. The average Bonchev–Trinajstić information content (AvgIpc) is 3.07. The van der Waals surface area contributed by atoms with Gasteiger partial charge in [-0.3, -0.25) is 4.79 Å². The number of aromatic nitrogens is 2. The van der Waals surface area contributed by atoms with Crippen LogP contribution in [0.2, 0.25) is 0 Å². The van der Waals surface area contributed by atoms with Gasteiger partial charge in [0, 0.05) is 5.56 Å². The van der Waals surface area contributed by atoms with Crippen molar-refractivity contribution >= 4 is 18.3 Å². The maximum Gasteiger partial charge on any atom is 0.251 e. The minimum Gasteiger partial charge on any atom is -0.497 e. The molecule has 3 N–H and O–H groups in total. The molecule has 8 heteroatoms. The summed E-state index contributed by atoms with van der Waals surface area (Å²) in [6.07, 6.45) is 2.79. The highest BCUT2D eigenvalue weighted by Crippen LogP contribution is 2.37. The van der Waals surface area contributed by atoms with Crippen molar-refractivity contribution in [3.05, 3.63) is 41.5 Å². The topological polar surface area (TPSA) is 103 Å². The van der Waals surface area contributed by atoms with E-state index in [-0.39, 0.29) is 30.3 Å². The van der Waals surface area contributed by atoms with Gasteiger partial charge in [0.25, 0.3) is 5.91 Å². The van der Waals surface area contributed by atoms with Gasteiger partial charge in [0.2, 0.25) is 5.89 Å². The first kappa shape index (κ1) is 20.2. The summed E-state index contributed by atoms with van der Waals surface area (Å²) in [6, 6.07) is 6.55. The van der Waals surface area contributed by atoms with Gasteiger partial charge >= 0.3 is 0 Å². The quantitative estimate of drug-likeness (QED) is 0.798. The highest BCUT2D eigenvalue weighted by Gasteiger charge is 2.39. The monoisotopic (exact) mass is 380 g/mol. The molecule has 1 unspecified atom stereocenters. The molecule has 1 fully saturated rings. The van der Waals surface area contributed by atoms with Crippen LogP contribution in [0.5, 0.6) is 5.75 Å². The van der Waals surface area contributed by atoms with Crippen molar-refractivity contribution in [1.82, 2.24) is 15.5 Å². The van der Waals surface area contributed by atoms with Crippen LogP contribution in [-0.4, -0.2) is 23.2 Å². The van der Waals surface area contributed by atoms with E-state index < -0.39 is 5.54 Å². The Morgan fingerprint density at radius 2 is 1.96 bits per heavy atom. The van der Waals surface area contributed by atoms with Crippen molar-refractivity contribution in [3.63, 3.8) is 0 Å². The molecule has 1 aliphatic carbocycles. The van der Waals surface area contributed by atoms with Crippen molar-refractivity contribution in [2.75, 3.05) is 7.11 Å². The van der Waals surface area contributed by atoms with Gasteiger partial charge in [-0.2, -0.15) is 4.98 Å². The molecule has 1 heterocycles. The van der Waals surface area contributed by atoms with Crippen molar-refractivity contribution < 1.29 is 14.1 Å². The van der Waals surface area contributed by atoms with Crippen molar-refractivity contribution in [3.8, 4) is 5.75 Å². The van der Waals surface area contributed by atoms with E-state index in [1.807, 2.05) is 13.8 Å². The zero-order valence-corrected chi connectivity index (χ0v) is 16.0. The summed E-state index contributed by atoms with van der Waals surface area (Å²) < 4.78 is 10.5. The van der Waals surface area contributed by atoms with Crippen LogP contribution < -0.4 is 15.8 Å². The summed E-state index contributed by atoms with van der Waals surface area (Å²) in [5.41, 5.74) is 6.31. The van der Waals surface area contributed by atoms with Crippen LogP contribution >= 0.6 is 12.4 Å². The van der Waals surface area contributed by atoms with Crippen LogP contribution in [0.15, 0.2) is 28.8 Å². The Balaban J connectivity index is 0.00000243. The smallest absolute Gasteiger partial charge is 0.251 e. The Kier molecular flexibility index (Phi) is 6.26. The van der Waals surface area contributed by atoms with Gasteiger partial charge in [-0.1, -0.05) is 19.0 Å². The van der Waals surface area contributed by atoms with Gasteiger partial charge in [0.05, 0.1) is 12.6 Å². The molecule has 0 saturated heterocycles. The number of hydrogen-bond donors (Lipinski definition) is 2. The Bertz CT molecular complexity index is 741. The molecule has 0 bridgehead atoms. The molecule has 142 valence electrons. The third-order valence-corrected chi connectivity index (χ3v) is 4.70. The molecule has 7 nitrogen and oxygen atoms in total. The lowest BCUT2D eigenvalue weighted by molar-refractivity contribution is 0.0914. The SMILES string of the molecule is COc1ccc(C(=O)NC(c2nc(C3(N)CCC3)no2)C(C)C)cc1.Cl. The van der Waals surface area contributed by atoms with Gasteiger partial charge in [-0.15, -0.1) is 12.4 Å². The largest absolute Gasteiger partial charge is 0.497 e. The number of nitrogens with one attached hydrogen (secondary N) is 1. The van der Waals surface area contributed by atoms with Crippen LogP contribution in [0, 0.1) is 5.92 Å². The first-order valence-corrected chi connectivity index (χ1v) is 8.51. The fourth-order valence-corrected chi connectivity index (χ4v) is 2.83. The van der Waals surface area contributed by atoms with Crippen LogP contribution in [0.3, 0.4) is 0 Å². The highest BCUT2D eigenvalue weighted by molar-refractivity contribution is 5.94. The number of nitrogens with two attached hydrogens (primary N) is 1. The number of carbonyl (C=O) groups is 1. The third-order valence-electron chi connectivity index (χ3n) is 4.70. The summed E-state index contributed by atoms with van der Waals surface area (Å²) in [7, 11) is 1.59. The van der Waals surface area contributed by atoms with Crippen LogP contribution in [-0.2, 0) is 5.54 Å². The summed E-state index contributed by atoms with van der Waals surface area (Å²) >= 11 is 0. The second kappa shape index (κ2) is 8.05. The second-order valence-electron chi connectivity index (χ2n) is 6.89. The summed E-state index contributed by atoms with van der Waals surface area (Å²) in [6.45, 7) is 3.98. The normalized spacial score (nSPS) is 16.3. The summed E-state index contributed by atoms with van der Waals surface area (Å²) in [5, 5.41) is 7.01. The number of amides is 1. The van der Waals surface area contributed by atoms with Gasteiger partial charge in [0.15, 0.2) is 5.82 Å². The average molecular weight is 381 g/mol. The number of halogens is 1. The molecule has 26 heavy (non-hydrogen) atoms. The lowest BCUT2D eigenvalue weighted by atomic mass is 9.77. The van der Waals surface area contributed by atoms with E-state index in [0.29, 0.717) is 23.0 Å². The number of ether oxygens (including phenoxy) is 1. The van der Waals surface area contributed by atoms with E-state index in [0.717, 1.165) is 19.3 Å². The van der Waals surface area contributed by atoms with Gasteiger partial charge < -0.3 is 20.3 Å². The zero-order chi connectivity index (χ0) is 18.0. The number of benzene rings is 1. The minimum absolute atomic E-state index is 0. The van der Waals surface area contributed by atoms with E-state index in [2.05, 4.69) is 15.5 Å². The van der Waals surface area contributed by atoms with Crippen molar-refractivity contribution in [1.29, 1.82) is 0 Å². The third kappa shape index (κ3) is 3.99. The van der Waals surface area contributed by atoms with Crippen LogP contribution in [0.1, 0.15) is 61.2 Å². The Morgan fingerprint density at radius 3 is 2.46 bits per heavy atom. The first-order valence-electron chi connectivity index (χ1n) is 8.51. The molecular formula is C18H25ClN4O3. The molecule has 0 spiro atoms. The zero-order valence-electron chi connectivity index (χ0n) is 15.2. The molecule has 1 aromatic heterocycles. The maximum absolute atomic E-state index is 12.5. The highest BCUT2D eigenvalue weighted by atomic mass is 35.5. The van der Waals surface area contributed by atoms with E-state index in [1.165, 1.54) is 0 Å². The van der Waals surface area contributed by atoms with Gasteiger partial charge in [0.1, 0.15) is 11.8 Å².